The van der Waals surface area contributed by atoms with Gasteiger partial charge >= 0.3 is 12.1 Å². The topological polar surface area (TPSA) is 37.3 Å². The van der Waals surface area contributed by atoms with Gasteiger partial charge in [0, 0.05) is 16.8 Å². The van der Waals surface area contributed by atoms with Crippen molar-refractivity contribution in [3.63, 3.8) is 0 Å². The molecule has 7 heteroatoms. The highest BCUT2D eigenvalue weighted by Crippen LogP contribution is 2.13. The average Bonchev–Trinajstić information content (AvgIpc) is 1.31. The maximum Gasteiger partial charge on any atom is 0.490 e. The number of rotatable bonds is 0. The van der Waals surface area contributed by atoms with Gasteiger partial charge in [-0.2, -0.15) is 13.2 Å². The molecule has 9 heavy (non-hydrogen) atoms. The third-order valence-electron chi connectivity index (χ3n) is 0.243. The van der Waals surface area contributed by atoms with Crippen molar-refractivity contribution in [2.45, 2.75) is 6.18 Å². The van der Waals surface area contributed by atoms with E-state index in [4.69, 9.17) is 9.90 Å². The van der Waals surface area contributed by atoms with Crippen LogP contribution in [0.4, 0.5) is 13.2 Å². The fourth-order valence-electron chi connectivity index (χ4n) is 0. The molecular formula is C2HB2F3O2. The molecule has 0 spiro atoms. The number of carboxylic acids is 1. The first-order valence-corrected chi connectivity index (χ1v) is 1.24. The Labute approximate surface area is 53.2 Å². The smallest absolute Gasteiger partial charge is 0.475 e. The third-order valence-corrected chi connectivity index (χ3v) is 0.243. The fraction of sp³-hybridized carbons (Fsp3) is 0.500. The van der Waals surface area contributed by atoms with Crippen molar-refractivity contribution in [1.82, 2.24) is 0 Å². The van der Waals surface area contributed by atoms with Crippen LogP contribution < -0.4 is 0 Å². The summed E-state index contributed by atoms with van der Waals surface area (Å²) in [4.78, 5) is 8.90. The molecule has 0 saturated carbocycles. The van der Waals surface area contributed by atoms with Crippen LogP contribution in [0.2, 0.25) is 0 Å². The minimum Gasteiger partial charge on any atom is -0.475 e. The van der Waals surface area contributed by atoms with Crippen LogP contribution >= 0.6 is 0 Å². The van der Waals surface area contributed by atoms with E-state index in [2.05, 4.69) is 0 Å². The van der Waals surface area contributed by atoms with Gasteiger partial charge < -0.3 is 5.11 Å². The minimum atomic E-state index is -5.08. The number of alkyl halides is 3. The Balaban J connectivity index is -0.000000180. The van der Waals surface area contributed by atoms with E-state index >= 15 is 0 Å². The second-order valence-electron chi connectivity index (χ2n) is 0.803. The molecule has 0 atom stereocenters. The molecule has 0 bridgehead atoms. The lowest BCUT2D eigenvalue weighted by Crippen LogP contribution is -2.21. The Kier molecular flexibility index (Phi) is 7.51. The van der Waals surface area contributed by atoms with Crippen molar-refractivity contribution in [2.75, 3.05) is 0 Å². The van der Waals surface area contributed by atoms with Crippen LogP contribution in [-0.2, 0) is 4.79 Å². The Hall–Kier alpha value is -0.610. The van der Waals surface area contributed by atoms with Crippen LogP contribution in [0.1, 0.15) is 0 Å². The molecule has 0 amide bonds. The van der Waals surface area contributed by atoms with Gasteiger partial charge in [-0.05, 0) is 0 Å². The van der Waals surface area contributed by atoms with Crippen molar-refractivity contribution >= 4 is 22.8 Å². The molecular weight excluding hydrogens is 135 g/mol. The molecule has 0 unspecified atom stereocenters. The monoisotopic (exact) mass is 136 g/mol. The molecule has 2 nitrogen and oxygen atoms in total. The number of halogens is 3. The lowest BCUT2D eigenvalue weighted by atomic mass is 10.7. The third kappa shape index (κ3) is 7.39. The van der Waals surface area contributed by atoms with Crippen LogP contribution in [-0.4, -0.2) is 34.1 Å². The van der Waals surface area contributed by atoms with Gasteiger partial charge in [-0.1, -0.05) is 0 Å². The highest BCUT2D eigenvalue weighted by molar-refractivity contribution is 5.76. The summed E-state index contributed by atoms with van der Waals surface area (Å²) >= 11 is 0. The molecule has 48 valence electrons. The SMILES string of the molecule is O=C(O)C(F)(F)F.[B].[B]. The summed E-state index contributed by atoms with van der Waals surface area (Å²) in [5.41, 5.74) is 0. The van der Waals surface area contributed by atoms with Crippen molar-refractivity contribution < 1.29 is 23.1 Å². The molecule has 6 radical (unpaired) electrons. The zero-order valence-corrected chi connectivity index (χ0v) is 4.14. The van der Waals surface area contributed by atoms with Gasteiger partial charge in [0.25, 0.3) is 0 Å². The van der Waals surface area contributed by atoms with Gasteiger partial charge in [0.2, 0.25) is 0 Å². The maximum absolute atomic E-state index is 10.6. The van der Waals surface area contributed by atoms with Crippen molar-refractivity contribution in [3.05, 3.63) is 0 Å². The van der Waals surface area contributed by atoms with Crippen molar-refractivity contribution in [3.8, 4) is 0 Å². The molecule has 0 rings (SSSR count). The first kappa shape index (κ1) is 15.8. The number of hydrogen-bond acceptors (Lipinski definition) is 1. The van der Waals surface area contributed by atoms with E-state index in [-0.39, 0.29) is 16.8 Å². The van der Waals surface area contributed by atoms with Gasteiger partial charge in [0.15, 0.2) is 0 Å². The lowest BCUT2D eigenvalue weighted by molar-refractivity contribution is -0.192. The molecule has 0 aromatic heterocycles. The number of carbonyl (C=O) groups is 1. The minimum absolute atomic E-state index is 0. The first-order valence-electron chi connectivity index (χ1n) is 1.24. The van der Waals surface area contributed by atoms with Crippen LogP contribution in [0.25, 0.3) is 0 Å². The summed E-state index contributed by atoms with van der Waals surface area (Å²) in [6, 6.07) is 0. The molecule has 0 aromatic rings. The van der Waals surface area contributed by atoms with Crippen LogP contribution in [0.15, 0.2) is 0 Å². The second-order valence-corrected chi connectivity index (χ2v) is 0.803. The molecule has 0 aromatic carbocycles. The lowest BCUT2D eigenvalue weighted by Gasteiger charge is -1.93. The van der Waals surface area contributed by atoms with E-state index in [1.165, 1.54) is 0 Å². The van der Waals surface area contributed by atoms with Crippen LogP contribution in [0, 0.1) is 0 Å². The van der Waals surface area contributed by atoms with Gasteiger partial charge in [0.1, 0.15) is 0 Å². The summed E-state index contributed by atoms with van der Waals surface area (Å²) in [7, 11) is 0. The normalized spacial score (nSPS) is 8.78. The van der Waals surface area contributed by atoms with Crippen LogP contribution in [0.3, 0.4) is 0 Å². The molecule has 0 fully saturated rings. The average molecular weight is 136 g/mol. The zero-order chi connectivity index (χ0) is 6.08. The quantitative estimate of drug-likeness (QED) is 0.470. The molecule has 0 aliphatic heterocycles. The van der Waals surface area contributed by atoms with E-state index in [1.54, 1.807) is 0 Å². The van der Waals surface area contributed by atoms with E-state index in [9.17, 15) is 13.2 Å². The predicted molar refractivity (Wildman–Crippen MR) is 25.2 cm³/mol. The van der Waals surface area contributed by atoms with Gasteiger partial charge in [0.05, 0.1) is 0 Å². The summed E-state index contributed by atoms with van der Waals surface area (Å²) in [6.45, 7) is 0. The van der Waals surface area contributed by atoms with E-state index in [0.717, 1.165) is 0 Å². The summed E-state index contributed by atoms with van der Waals surface area (Å²) < 4.78 is 31.7. The molecule has 0 saturated heterocycles. The number of carboxylic acid groups (broad SMARTS) is 1. The molecule has 1 N–H and O–H groups in total. The first-order chi connectivity index (χ1) is 2.94. The maximum atomic E-state index is 10.6. The number of aliphatic carboxylic acids is 1. The molecule has 0 heterocycles. The summed E-state index contributed by atoms with van der Waals surface area (Å²) in [6.07, 6.45) is -5.08. The highest BCUT2D eigenvalue weighted by atomic mass is 19.4. The number of hydrogen-bond donors (Lipinski definition) is 1. The molecule has 0 aliphatic rings. The second kappa shape index (κ2) is 4.29. The van der Waals surface area contributed by atoms with Crippen LogP contribution in [0.5, 0.6) is 0 Å². The Bertz CT molecular complexity index is 90.3. The predicted octanol–water partition coefficient (Wildman–Crippen LogP) is -0.128. The standard InChI is InChI=1S/C2HF3O2.2B/c3-2(4,5)1(6)7;;/h(H,6,7);;. The summed E-state index contributed by atoms with van der Waals surface area (Å²) in [5, 5.41) is 7.12. The highest BCUT2D eigenvalue weighted by Gasteiger charge is 2.38. The fourth-order valence-corrected chi connectivity index (χ4v) is 0. The van der Waals surface area contributed by atoms with Crippen molar-refractivity contribution in [1.29, 1.82) is 0 Å². The van der Waals surface area contributed by atoms with Gasteiger partial charge in [-0.15, -0.1) is 0 Å². The zero-order valence-electron chi connectivity index (χ0n) is 4.14. The van der Waals surface area contributed by atoms with E-state index in [0.29, 0.717) is 0 Å². The van der Waals surface area contributed by atoms with Gasteiger partial charge in [-0.3, -0.25) is 0 Å². The Morgan fingerprint density at radius 1 is 1.22 bits per heavy atom. The largest absolute Gasteiger partial charge is 0.490 e. The molecule has 0 aliphatic carbocycles. The van der Waals surface area contributed by atoms with E-state index in [1.807, 2.05) is 0 Å². The van der Waals surface area contributed by atoms with E-state index < -0.39 is 12.1 Å². The summed E-state index contributed by atoms with van der Waals surface area (Å²) in [5.74, 6) is -2.76. The van der Waals surface area contributed by atoms with Gasteiger partial charge in [-0.25, -0.2) is 4.79 Å². The Morgan fingerprint density at radius 2 is 1.33 bits per heavy atom. The van der Waals surface area contributed by atoms with Crippen molar-refractivity contribution in [2.24, 2.45) is 0 Å². The Morgan fingerprint density at radius 3 is 1.33 bits per heavy atom.